The number of aryl methyl sites for hydroxylation is 3. The second-order valence-corrected chi connectivity index (χ2v) is 8.40. The summed E-state index contributed by atoms with van der Waals surface area (Å²) < 4.78 is 5.90. The van der Waals surface area contributed by atoms with Crippen molar-refractivity contribution >= 4 is 11.3 Å². The van der Waals surface area contributed by atoms with Gasteiger partial charge >= 0.3 is 0 Å². The molecule has 1 fully saturated rings. The second kappa shape index (κ2) is 8.43. The normalized spacial score (nSPS) is 21.1. The molecule has 25 heavy (non-hydrogen) atoms. The van der Waals surface area contributed by atoms with E-state index in [9.17, 15) is 0 Å². The maximum absolute atomic E-state index is 5.90. The number of aromatic nitrogens is 1. The minimum absolute atomic E-state index is 0.296. The SMILES string of the molecule is CCOC[C@]1(CCc2cccs2)CCN(Cc2c(C)ccnc2C)C1. The molecular formula is C21H30N2OS. The summed E-state index contributed by atoms with van der Waals surface area (Å²) in [5.74, 6) is 0. The molecular weight excluding hydrogens is 328 g/mol. The first-order valence-corrected chi connectivity index (χ1v) is 10.2. The fourth-order valence-electron chi connectivity index (χ4n) is 3.91. The molecule has 0 radical (unpaired) electrons. The summed E-state index contributed by atoms with van der Waals surface area (Å²) in [6.07, 6.45) is 5.54. The first kappa shape index (κ1) is 18.6. The van der Waals surface area contributed by atoms with Gasteiger partial charge in [-0.05, 0) is 75.2 Å². The predicted molar refractivity (Wildman–Crippen MR) is 105 cm³/mol. The summed E-state index contributed by atoms with van der Waals surface area (Å²) in [5, 5.41) is 2.18. The second-order valence-electron chi connectivity index (χ2n) is 7.37. The van der Waals surface area contributed by atoms with Crippen LogP contribution in [0, 0.1) is 19.3 Å². The molecule has 1 aliphatic heterocycles. The maximum atomic E-state index is 5.90. The lowest BCUT2D eigenvalue weighted by Crippen LogP contribution is -2.32. The lowest BCUT2D eigenvalue weighted by molar-refractivity contribution is 0.0490. The Bertz CT molecular complexity index is 650. The number of thiophene rings is 1. The molecule has 0 saturated carbocycles. The van der Waals surface area contributed by atoms with Crippen LogP contribution in [0.3, 0.4) is 0 Å². The molecule has 3 nitrogen and oxygen atoms in total. The Kier molecular flexibility index (Phi) is 6.26. The van der Waals surface area contributed by atoms with E-state index in [0.29, 0.717) is 5.41 Å². The summed E-state index contributed by atoms with van der Waals surface area (Å²) in [6, 6.07) is 6.54. The number of hydrogen-bond donors (Lipinski definition) is 0. The van der Waals surface area contributed by atoms with Crippen LogP contribution in [-0.2, 0) is 17.7 Å². The van der Waals surface area contributed by atoms with Crippen LogP contribution in [0.25, 0.3) is 0 Å². The molecule has 3 heterocycles. The van der Waals surface area contributed by atoms with Crippen LogP contribution in [-0.4, -0.2) is 36.2 Å². The lowest BCUT2D eigenvalue weighted by atomic mass is 9.83. The van der Waals surface area contributed by atoms with Crippen molar-refractivity contribution in [3.8, 4) is 0 Å². The van der Waals surface area contributed by atoms with Gasteiger partial charge in [-0.2, -0.15) is 0 Å². The van der Waals surface area contributed by atoms with Crippen LogP contribution in [0.1, 0.15) is 41.5 Å². The Morgan fingerprint density at radius 1 is 1.32 bits per heavy atom. The van der Waals surface area contributed by atoms with E-state index in [-0.39, 0.29) is 0 Å². The van der Waals surface area contributed by atoms with Gasteiger partial charge in [-0.15, -0.1) is 11.3 Å². The standard InChI is InChI=1S/C21H30N2OS/c1-4-24-16-21(9-7-19-6-5-13-25-19)10-12-23(15-21)14-20-17(2)8-11-22-18(20)3/h5-6,8,11,13H,4,7,9-10,12,14-16H2,1-3H3/t21-/m1/s1. The molecule has 4 heteroatoms. The van der Waals surface area contributed by atoms with E-state index in [0.717, 1.165) is 32.8 Å². The van der Waals surface area contributed by atoms with Crippen LogP contribution in [0.15, 0.2) is 29.8 Å². The zero-order valence-electron chi connectivity index (χ0n) is 15.8. The Balaban J connectivity index is 1.66. The van der Waals surface area contributed by atoms with Crippen LogP contribution in [0.2, 0.25) is 0 Å². The number of rotatable bonds is 8. The highest BCUT2D eigenvalue weighted by Gasteiger charge is 2.38. The topological polar surface area (TPSA) is 25.4 Å². The first-order chi connectivity index (χ1) is 12.1. The predicted octanol–water partition coefficient (Wildman–Crippen LogP) is 4.62. The summed E-state index contributed by atoms with van der Waals surface area (Å²) >= 11 is 1.87. The molecule has 0 unspecified atom stereocenters. The van der Waals surface area contributed by atoms with Crippen molar-refractivity contribution in [2.24, 2.45) is 5.41 Å². The van der Waals surface area contributed by atoms with Crippen molar-refractivity contribution < 1.29 is 4.74 Å². The van der Waals surface area contributed by atoms with Gasteiger partial charge in [0, 0.05) is 41.9 Å². The molecule has 136 valence electrons. The molecule has 1 saturated heterocycles. The van der Waals surface area contributed by atoms with E-state index >= 15 is 0 Å². The van der Waals surface area contributed by atoms with Crippen LogP contribution < -0.4 is 0 Å². The molecule has 0 spiro atoms. The van der Waals surface area contributed by atoms with Gasteiger partial charge in [0.15, 0.2) is 0 Å². The van der Waals surface area contributed by atoms with Gasteiger partial charge < -0.3 is 4.74 Å². The van der Waals surface area contributed by atoms with Gasteiger partial charge in [0.25, 0.3) is 0 Å². The number of ether oxygens (including phenoxy) is 1. The monoisotopic (exact) mass is 358 g/mol. The Labute approximate surface area is 156 Å². The van der Waals surface area contributed by atoms with E-state index in [2.05, 4.69) is 54.2 Å². The first-order valence-electron chi connectivity index (χ1n) is 9.35. The van der Waals surface area contributed by atoms with Crippen LogP contribution in [0.4, 0.5) is 0 Å². The molecule has 0 amide bonds. The molecule has 0 bridgehead atoms. The Hall–Kier alpha value is -1.23. The lowest BCUT2D eigenvalue weighted by Gasteiger charge is -2.29. The summed E-state index contributed by atoms with van der Waals surface area (Å²) in [5.41, 5.74) is 4.21. The number of pyridine rings is 1. The summed E-state index contributed by atoms with van der Waals surface area (Å²) in [4.78, 5) is 8.58. The highest BCUT2D eigenvalue weighted by Crippen LogP contribution is 2.37. The van der Waals surface area contributed by atoms with Gasteiger partial charge in [0.1, 0.15) is 0 Å². The van der Waals surface area contributed by atoms with E-state index < -0.39 is 0 Å². The molecule has 2 aromatic rings. The fourth-order valence-corrected chi connectivity index (χ4v) is 4.61. The number of nitrogens with zero attached hydrogens (tertiary/aromatic N) is 2. The molecule has 0 aliphatic carbocycles. The van der Waals surface area contributed by atoms with Crippen molar-refractivity contribution in [2.45, 2.75) is 46.6 Å². The zero-order chi connectivity index (χ0) is 17.7. The maximum Gasteiger partial charge on any atom is 0.0535 e. The molecule has 1 aliphatic rings. The van der Waals surface area contributed by atoms with Crippen LogP contribution >= 0.6 is 11.3 Å². The number of hydrogen-bond acceptors (Lipinski definition) is 4. The summed E-state index contributed by atoms with van der Waals surface area (Å²) in [6.45, 7) is 11.4. The largest absolute Gasteiger partial charge is 0.381 e. The average Bonchev–Trinajstić information content (AvgIpc) is 3.25. The van der Waals surface area contributed by atoms with Gasteiger partial charge in [0.05, 0.1) is 6.61 Å². The average molecular weight is 359 g/mol. The molecule has 0 aromatic carbocycles. The Morgan fingerprint density at radius 2 is 2.20 bits per heavy atom. The van der Waals surface area contributed by atoms with Gasteiger partial charge in [-0.3, -0.25) is 9.88 Å². The highest BCUT2D eigenvalue weighted by molar-refractivity contribution is 7.09. The minimum atomic E-state index is 0.296. The van der Waals surface area contributed by atoms with Crippen molar-refractivity contribution in [1.82, 2.24) is 9.88 Å². The van der Waals surface area contributed by atoms with E-state index in [4.69, 9.17) is 4.74 Å². The van der Waals surface area contributed by atoms with Crippen molar-refractivity contribution in [3.05, 3.63) is 51.5 Å². The minimum Gasteiger partial charge on any atom is -0.381 e. The summed E-state index contributed by atoms with van der Waals surface area (Å²) in [7, 11) is 0. The van der Waals surface area contributed by atoms with Gasteiger partial charge in [0.2, 0.25) is 0 Å². The van der Waals surface area contributed by atoms with E-state index in [1.54, 1.807) is 0 Å². The van der Waals surface area contributed by atoms with Crippen LogP contribution in [0.5, 0.6) is 0 Å². The molecule has 0 N–H and O–H groups in total. The fraction of sp³-hybridized carbons (Fsp3) is 0.571. The van der Waals surface area contributed by atoms with Crippen molar-refractivity contribution in [3.63, 3.8) is 0 Å². The third-order valence-corrected chi connectivity index (χ3v) is 6.43. The smallest absolute Gasteiger partial charge is 0.0535 e. The van der Waals surface area contributed by atoms with E-state index in [1.165, 1.54) is 41.0 Å². The van der Waals surface area contributed by atoms with Gasteiger partial charge in [-0.1, -0.05) is 6.07 Å². The third kappa shape index (κ3) is 4.69. The zero-order valence-corrected chi connectivity index (χ0v) is 16.6. The van der Waals surface area contributed by atoms with Gasteiger partial charge in [-0.25, -0.2) is 0 Å². The van der Waals surface area contributed by atoms with E-state index in [1.807, 2.05) is 17.5 Å². The van der Waals surface area contributed by atoms with Crippen molar-refractivity contribution in [2.75, 3.05) is 26.3 Å². The third-order valence-electron chi connectivity index (χ3n) is 5.50. The van der Waals surface area contributed by atoms with Crippen molar-refractivity contribution in [1.29, 1.82) is 0 Å². The molecule has 3 rings (SSSR count). The quantitative estimate of drug-likeness (QED) is 0.688. The molecule has 1 atom stereocenters. The Morgan fingerprint density at radius 3 is 2.92 bits per heavy atom. The highest BCUT2D eigenvalue weighted by atomic mass is 32.1. The molecule has 2 aromatic heterocycles. The number of likely N-dealkylation sites (tertiary alicyclic amines) is 1.